The average Bonchev–Trinajstić information content (AvgIpc) is 3.16. The van der Waals surface area contributed by atoms with Crippen LogP contribution in [-0.4, -0.2) is 12.1 Å². The van der Waals surface area contributed by atoms with Gasteiger partial charge in [0.2, 0.25) is 0 Å². The molecule has 1 aliphatic carbocycles. The summed E-state index contributed by atoms with van der Waals surface area (Å²) in [6.45, 7) is 11.8. The van der Waals surface area contributed by atoms with Crippen molar-refractivity contribution in [2.24, 2.45) is 0 Å². The van der Waals surface area contributed by atoms with E-state index in [-0.39, 0.29) is 5.92 Å². The molecule has 0 spiro atoms. The predicted molar refractivity (Wildman–Crippen MR) is 114 cm³/mol. The normalized spacial score (nSPS) is 18.6. The number of aromatic nitrogens is 1. The molecule has 2 aromatic rings. The van der Waals surface area contributed by atoms with Crippen molar-refractivity contribution >= 4 is 16.9 Å². The molecule has 0 bridgehead atoms. The Bertz CT molecular complexity index is 1100. The van der Waals surface area contributed by atoms with Gasteiger partial charge in [-0.25, -0.2) is 9.83 Å². The topological polar surface area (TPSA) is 62.3 Å². The standard InChI is InChI=1S/C23H22N4OS/c1-13-20(23-27-17-7-5-6-8-19(17)29-23)21(22(25-3)14(2)26-13)16-10-9-15(12-24)11-18(16)28-4/h9-11,21,26H,5-8H2,1-2,4H3. The smallest absolute Gasteiger partial charge is 0.195 e. The molecule has 1 atom stereocenters. The first kappa shape index (κ1) is 19.2. The molecule has 2 heterocycles. The van der Waals surface area contributed by atoms with E-state index in [0.717, 1.165) is 40.4 Å². The van der Waals surface area contributed by atoms with Crippen LogP contribution in [0.1, 0.15) is 59.3 Å². The van der Waals surface area contributed by atoms with Crippen LogP contribution < -0.4 is 10.1 Å². The van der Waals surface area contributed by atoms with Crippen LogP contribution in [0.15, 0.2) is 35.3 Å². The average molecular weight is 403 g/mol. The summed E-state index contributed by atoms with van der Waals surface area (Å²) in [5, 5.41) is 13.6. The molecule has 2 aliphatic rings. The monoisotopic (exact) mass is 402 g/mol. The minimum absolute atomic E-state index is 0.274. The molecule has 1 aromatic heterocycles. The van der Waals surface area contributed by atoms with Gasteiger partial charge < -0.3 is 10.1 Å². The number of nitrogens with zero attached hydrogens (tertiary/aromatic N) is 3. The van der Waals surface area contributed by atoms with E-state index in [1.807, 2.05) is 19.9 Å². The second-order valence-corrected chi connectivity index (χ2v) is 8.47. The molecule has 0 saturated carbocycles. The third kappa shape index (κ3) is 3.30. The van der Waals surface area contributed by atoms with E-state index in [2.05, 4.69) is 16.2 Å². The van der Waals surface area contributed by atoms with Crippen molar-refractivity contribution in [2.75, 3.05) is 7.11 Å². The van der Waals surface area contributed by atoms with Crippen molar-refractivity contribution in [3.05, 3.63) is 73.4 Å². The quantitative estimate of drug-likeness (QED) is 0.720. The van der Waals surface area contributed by atoms with Crippen LogP contribution in [0.25, 0.3) is 10.4 Å². The molecule has 146 valence electrons. The number of fused-ring (bicyclic) bond motifs is 1. The molecule has 1 aromatic carbocycles. The molecule has 29 heavy (non-hydrogen) atoms. The van der Waals surface area contributed by atoms with Gasteiger partial charge in [-0.15, -0.1) is 11.3 Å². The van der Waals surface area contributed by atoms with Gasteiger partial charge in [0, 0.05) is 21.8 Å². The van der Waals surface area contributed by atoms with Gasteiger partial charge in [0.1, 0.15) is 10.8 Å². The van der Waals surface area contributed by atoms with Gasteiger partial charge in [0.15, 0.2) is 5.70 Å². The van der Waals surface area contributed by atoms with Gasteiger partial charge in [-0.2, -0.15) is 5.26 Å². The number of rotatable bonds is 3. The number of nitriles is 1. The Labute approximate surface area is 175 Å². The minimum atomic E-state index is -0.274. The summed E-state index contributed by atoms with van der Waals surface area (Å²) in [6, 6.07) is 7.61. The molecule has 0 radical (unpaired) electrons. The van der Waals surface area contributed by atoms with Gasteiger partial charge in [0.25, 0.3) is 0 Å². The highest BCUT2D eigenvalue weighted by Crippen LogP contribution is 2.48. The van der Waals surface area contributed by atoms with Crippen molar-refractivity contribution in [1.82, 2.24) is 10.3 Å². The molecule has 1 unspecified atom stereocenters. The lowest BCUT2D eigenvalue weighted by Crippen LogP contribution is -2.23. The number of hydrogen-bond donors (Lipinski definition) is 1. The van der Waals surface area contributed by atoms with Gasteiger partial charge in [-0.1, -0.05) is 6.07 Å². The predicted octanol–water partition coefficient (Wildman–Crippen LogP) is 5.17. The van der Waals surface area contributed by atoms with Crippen LogP contribution in [0, 0.1) is 17.9 Å². The second-order valence-electron chi connectivity index (χ2n) is 7.38. The fourth-order valence-electron chi connectivity index (χ4n) is 4.20. The maximum atomic E-state index is 9.27. The molecule has 5 nitrogen and oxygen atoms in total. The number of methoxy groups -OCH3 is 1. The zero-order valence-electron chi connectivity index (χ0n) is 16.8. The van der Waals surface area contributed by atoms with Crippen molar-refractivity contribution in [1.29, 1.82) is 5.26 Å². The summed E-state index contributed by atoms with van der Waals surface area (Å²) in [5.41, 5.74) is 6.16. The molecule has 1 aliphatic heterocycles. The summed E-state index contributed by atoms with van der Waals surface area (Å²) in [4.78, 5) is 10.2. The van der Waals surface area contributed by atoms with Gasteiger partial charge in [-0.05, 0) is 57.2 Å². The lowest BCUT2D eigenvalue weighted by Gasteiger charge is -2.29. The van der Waals surface area contributed by atoms with Crippen molar-refractivity contribution < 1.29 is 4.74 Å². The third-order valence-electron chi connectivity index (χ3n) is 5.60. The van der Waals surface area contributed by atoms with E-state index in [1.54, 1.807) is 30.6 Å². The Balaban J connectivity index is 1.92. The zero-order chi connectivity index (χ0) is 20.5. The number of allylic oxidation sites excluding steroid dienone is 3. The van der Waals surface area contributed by atoms with E-state index in [0.29, 0.717) is 17.0 Å². The minimum Gasteiger partial charge on any atom is -0.496 e. The lowest BCUT2D eigenvalue weighted by molar-refractivity contribution is 0.409. The summed E-state index contributed by atoms with van der Waals surface area (Å²) < 4.78 is 5.63. The Morgan fingerprint density at radius 3 is 2.76 bits per heavy atom. The van der Waals surface area contributed by atoms with Crippen LogP contribution in [0.3, 0.4) is 0 Å². The third-order valence-corrected chi connectivity index (χ3v) is 6.79. The van der Waals surface area contributed by atoms with Crippen LogP contribution >= 0.6 is 11.3 Å². The highest BCUT2D eigenvalue weighted by molar-refractivity contribution is 7.12. The summed E-state index contributed by atoms with van der Waals surface area (Å²) in [7, 11) is 1.60. The Hall–Kier alpha value is -3.09. The van der Waals surface area contributed by atoms with Gasteiger partial charge in [0.05, 0.1) is 36.9 Å². The first-order valence-corrected chi connectivity index (χ1v) is 10.5. The van der Waals surface area contributed by atoms with Crippen molar-refractivity contribution in [3.63, 3.8) is 0 Å². The number of thiazole rings is 1. The van der Waals surface area contributed by atoms with Crippen molar-refractivity contribution in [2.45, 2.75) is 45.4 Å². The summed E-state index contributed by atoms with van der Waals surface area (Å²) >= 11 is 1.75. The molecular weight excluding hydrogens is 380 g/mol. The van der Waals surface area contributed by atoms with Crippen LogP contribution in [-0.2, 0) is 12.8 Å². The van der Waals surface area contributed by atoms with E-state index >= 15 is 0 Å². The van der Waals surface area contributed by atoms with Crippen molar-refractivity contribution in [3.8, 4) is 11.8 Å². The van der Waals surface area contributed by atoms with Crippen LogP contribution in [0.5, 0.6) is 5.75 Å². The van der Waals surface area contributed by atoms with E-state index < -0.39 is 0 Å². The molecule has 1 N–H and O–H groups in total. The molecule has 0 amide bonds. The summed E-state index contributed by atoms with van der Waals surface area (Å²) in [5.74, 6) is 0.348. The fraction of sp³-hybridized carbons (Fsp3) is 0.348. The number of nitrogens with one attached hydrogen (secondary N) is 1. The number of aryl methyl sites for hydroxylation is 2. The Kier molecular flexibility index (Phi) is 5.13. The highest BCUT2D eigenvalue weighted by atomic mass is 32.1. The van der Waals surface area contributed by atoms with Gasteiger partial charge in [-0.3, -0.25) is 0 Å². The molecule has 0 fully saturated rings. The Morgan fingerprint density at radius 2 is 2.07 bits per heavy atom. The molecular formula is C23H22N4OS. The first-order chi connectivity index (χ1) is 14.1. The number of ether oxygens (including phenoxy) is 1. The molecule has 6 heteroatoms. The van der Waals surface area contributed by atoms with Crippen LogP contribution in [0.4, 0.5) is 0 Å². The number of hydrogen-bond acceptors (Lipinski definition) is 5. The maximum absolute atomic E-state index is 9.27. The molecule has 0 saturated heterocycles. The van der Waals surface area contributed by atoms with Gasteiger partial charge >= 0.3 is 0 Å². The van der Waals surface area contributed by atoms with E-state index in [4.69, 9.17) is 16.3 Å². The zero-order valence-corrected chi connectivity index (χ0v) is 17.6. The van der Waals surface area contributed by atoms with E-state index in [9.17, 15) is 5.26 Å². The molecule has 4 rings (SSSR count). The van der Waals surface area contributed by atoms with Crippen LogP contribution in [0.2, 0.25) is 0 Å². The number of benzene rings is 1. The van der Waals surface area contributed by atoms with E-state index in [1.165, 1.54) is 23.4 Å². The number of dihydropyridines is 1. The largest absolute Gasteiger partial charge is 0.496 e. The Morgan fingerprint density at radius 1 is 1.28 bits per heavy atom. The second kappa shape index (κ2) is 7.73. The SMILES string of the molecule is [C-]#[N+]C1=C(C)NC(C)=C(c2nc3c(s2)CCCC3)C1c1ccc(C#N)cc1OC. The fourth-order valence-corrected chi connectivity index (χ4v) is 5.49. The first-order valence-electron chi connectivity index (χ1n) is 9.70. The highest BCUT2D eigenvalue weighted by Gasteiger charge is 2.35. The lowest BCUT2D eigenvalue weighted by atomic mass is 9.83. The maximum Gasteiger partial charge on any atom is 0.195 e. The summed E-state index contributed by atoms with van der Waals surface area (Å²) in [6.07, 6.45) is 4.51.